The first kappa shape index (κ1) is 21.9. The SMILES string of the molecule is COc1ccc(Cl)cc1/C(O)=C1\C(=O)C(=O)N(CCOC(C)C)C1c1ccc(C)o1. The lowest BCUT2D eigenvalue weighted by atomic mass is 9.99. The molecule has 2 heterocycles. The summed E-state index contributed by atoms with van der Waals surface area (Å²) in [5.74, 6) is -0.602. The molecule has 30 heavy (non-hydrogen) atoms. The number of amides is 1. The molecule has 1 aliphatic rings. The van der Waals surface area contributed by atoms with Crippen LogP contribution in [0.15, 0.2) is 40.3 Å². The van der Waals surface area contributed by atoms with Crippen LogP contribution in [0.4, 0.5) is 0 Å². The molecule has 1 N–H and O–H groups in total. The summed E-state index contributed by atoms with van der Waals surface area (Å²) in [6.07, 6.45) is -0.0261. The standard InChI is InChI=1S/C22H24ClNO6/c1-12(2)29-10-9-24-19(17-7-5-13(3)30-17)18(21(26)22(24)27)20(25)15-11-14(23)6-8-16(15)28-4/h5-8,11-12,19,25H,9-10H2,1-4H3/b20-18+. The van der Waals surface area contributed by atoms with E-state index < -0.39 is 17.7 Å². The first-order valence-corrected chi connectivity index (χ1v) is 9.92. The number of likely N-dealkylation sites (tertiary alicyclic amines) is 1. The van der Waals surface area contributed by atoms with Gasteiger partial charge in [0, 0.05) is 11.6 Å². The maximum atomic E-state index is 12.9. The number of aryl methyl sites for hydroxylation is 1. The molecule has 8 heteroatoms. The van der Waals surface area contributed by atoms with Gasteiger partial charge in [-0.2, -0.15) is 0 Å². The van der Waals surface area contributed by atoms with Crippen LogP contribution in [-0.2, 0) is 14.3 Å². The summed E-state index contributed by atoms with van der Waals surface area (Å²) in [5.41, 5.74) is 0.133. The Hall–Kier alpha value is -2.77. The van der Waals surface area contributed by atoms with Crippen LogP contribution in [0.1, 0.15) is 37.0 Å². The van der Waals surface area contributed by atoms with Crippen molar-refractivity contribution >= 4 is 29.1 Å². The van der Waals surface area contributed by atoms with Crippen molar-refractivity contribution in [2.75, 3.05) is 20.3 Å². The Labute approximate surface area is 179 Å². The number of aliphatic hydroxyl groups excluding tert-OH is 1. The number of carbonyl (C=O) groups excluding carboxylic acids is 2. The van der Waals surface area contributed by atoms with Gasteiger partial charge in [-0.3, -0.25) is 9.59 Å². The van der Waals surface area contributed by atoms with Crippen molar-refractivity contribution in [3.8, 4) is 5.75 Å². The summed E-state index contributed by atoms with van der Waals surface area (Å²) in [7, 11) is 1.44. The molecular weight excluding hydrogens is 410 g/mol. The maximum absolute atomic E-state index is 12.9. The lowest BCUT2D eigenvalue weighted by Crippen LogP contribution is -2.33. The van der Waals surface area contributed by atoms with E-state index >= 15 is 0 Å². The highest BCUT2D eigenvalue weighted by atomic mass is 35.5. The van der Waals surface area contributed by atoms with Crippen LogP contribution in [0.5, 0.6) is 5.75 Å². The summed E-state index contributed by atoms with van der Waals surface area (Å²) in [5, 5.41) is 11.4. The monoisotopic (exact) mass is 433 g/mol. The average molecular weight is 434 g/mol. The largest absolute Gasteiger partial charge is 0.507 e. The highest BCUT2D eigenvalue weighted by Gasteiger charge is 2.47. The number of ether oxygens (including phenoxy) is 2. The molecule has 160 valence electrons. The summed E-state index contributed by atoms with van der Waals surface area (Å²) in [4.78, 5) is 27.1. The Bertz CT molecular complexity index is 993. The predicted octanol–water partition coefficient (Wildman–Crippen LogP) is 4.10. The Morgan fingerprint density at radius 2 is 2.00 bits per heavy atom. The normalized spacial score (nSPS) is 18.5. The van der Waals surface area contributed by atoms with Crippen molar-refractivity contribution in [2.24, 2.45) is 0 Å². The first-order chi connectivity index (χ1) is 14.2. The average Bonchev–Trinajstić information content (AvgIpc) is 3.23. The second-order valence-corrected chi connectivity index (χ2v) is 7.64. The van der Waals surface area contributed by atoms with Gasteiger partial charge < -0.3 is 23.9 Å². The van der Waals surface area contributed by atoms with Gasteiger partial charge in [0.2, 0.25) is 0 Å². The van der Waals surface area contributed by atoms with E-state index in [0.717, 1.165) is 0 Å². The van der Waals surface area contributed by atoms with Crippen LogP contribution < -0.4 is 4.74 Å². The summed E-state index contributed by atoms with van der Waals surface area (Å²) < 4.78 is 16.6. The molecule has 1 aliphatic heterocycles. The molecule has 3 rings (SSSR count). The molecule has 2 aromatic rings. The lowest BCUT2D eigenvalue weighted by Gasteiger charge is -2.23. The van der Waals surface area contributed by atoms with E-state index in [1.54, 1.807) is 31.2 Å². The van der Waals surface area contributed by atoms with Crippen molar-refractivity contribution in [3.63, 3.8) is 0 Å². The molecule has 1 saturated heterocycles. The zero-order valence-corrected chi connectivity index (χ0v) is 18.0. The smallest absolute Gasteiger partial charge is 0.295 e. The number of hydrogen-bond donors (Lipinski definition) is 1. The van der Waals surface area contributed by atoms with Crippen LogP contribution in [0.3, 0.4) is 0 Å². The van der Waals surface area contributed by atoms with Gasteiger partial charge in [-0.1, -0.05) is 11.6 Å². The molecular formula is C22H24ClNO6. The van der Waals surface area contributed by atoms with E-state index in [0.29, 0.717) is 22.3 Å². The van der Waals surface area contributed by atoms with E-state index in [1.165, 1.54) is 18.1 Å². The third kappa shape index (κ3) is 4.22. The van der Waals surface area contributed by atoms with Gasteiger partial charge in [-0.15, -0.1) is 0 Å². The number of carbonyl (C=O) groups is 2. The third-order valence-corrected chi connectivity index (χ3v) is 5.01. The van der Waals surface area contributed by atoms with Gasteiger partial charge in [0.25, 0.3) is 11.7 Å². The van der Waals surface area contributed by atoms with Gasteiger partial charge in [-0.25, -0.2) is 0 Å². The van der Waals surface area contributed by atoms with Crippen molar-refractivity contribution in [1.82, 2.24) is 4.90 Å². The van der Waals surface area contributed by atoms with Crippen LogP contribution in [0.25, 0.3) is 5.76 Å². The van der Waals surface area contributed by atoms with Crippen molar-refractivity contribution in [2.45, 2.75) is 32.9 Å². The van der Waals surface area contributed by atoms with Crippen molar-refractivity contribution in [1.29, 1.82) is 0 Å². The van der Waals surface area contributed by atoms with E-state index in [2.05, 4.69) is 0 Å². The van der Waals surface area contributed by atoms with Gasteiger partial charge >= 0.3 is 0 Å². The molecule has 1 aromatic heterocycles. The molecule has 0 aliphatic carbocycles. The van der Waals surface area contributed by atoms with Gasteiger partial charge in [0.15, 0.2) is 0 Å². The summed E-state index contributed by atoms with van der Waals surface area (Å²) in [6, 6.07) is 7.20. The van der Waals surface area contributed by atoms with Gasteiger partial charge in [0.05, 0.1) is 31.0 Å². The maximum Gasteiger partial charge on any atom is 0.295 e. The number of rotatable bonds is 7. The Balaban J connectivity index is 2.13. The number of benzene rings is 1. The molecule has 0 spiro atoms. The molecule has 7 nitrogen and oxygen atoms in total. The van der Waals surface area contributed by atoms with Gasteiger partial charge in [-0.05, 0) is 51.1 Å². The van der Waals surface area contributed by atoms with E-state index in [1.807, 2.05) is 13.8 Å². The Morgan fingerprint density at radius 1 is 1.27 bits per heavy atom. The fourth-order valence-corrected chi connectivity index (χ4v) is 3.58. The van der Waals surface area contributed by atoms with Crippen molar-refractivity contribution < 1.29 is 28.6 Å². The van der Waals surface area contributed by atoms with Crippen LogP contribution in [0.2, 0.25) is 5.02 Å². The first-order valence-electron chi connectivity index (χ1n) is 9.54. The predicted molar refractivity (Wildman–Crippen MR) is 112 cm³/mol. The number of ketones is 1. The molecule has 0 bridgehead atoms. The number of methoxy groups -OCH3 is 1. The Kier molecular flexibility index (Phi) is 6.53. The van der Waals surface area contributed by atoms with E-state index in [-0.39, 0.29) is 36.2 Å². The number of halogens is 1. The number of aliphatic hydroxyl groups is 1. The topological polar surface area (TPSA) is 89.2 Å². The summed E-state index contributed by atoms with van der Waals surface area (Å²) in [6.45, 7) is 5.93. The number of hydrogen-bond acceptors (Lipinski definition) is 6. The molecule has 1 unspecified atom stereocenters. The zero-order chi connectivity index (χ0) is 22.0. The molecule has 0 saturated carbocycles. The van der Waals surface area contributed by atoms with Crippen LogP contribution in [0, 0.1) is 6.92 Å². The fourth-order valence-electron chi connectivity index (χ4n) is 3.40. The highest BCUT2D eigenvalue weighted by molar-refractivity contribution is 6.46. The van der Waals surface area contributed by atoms with E-state index in [9.17, 15) is 14.7 Å². The second-order valence-electron chi connectivity index (χ2n) is 7.21. The number of nitrogens with zero attached hydrogens (tertiary/aromatic N) is 1. The molecule has 1 amide bonds. The quantitative estimate of drug-likeness (QED) is 0.401. The minimum absolute atomic E-state index is 0.0261. The van der Waals surface area contributed by atoms with Crippen molar-refractivity contribution in [3.05, 3.63) is 58.0 Å². The van der Waals surface area contributed by atoms with Crippen LogP contribution in [-0.4, -0.2) is 48.1 Å². The molecule has 1 aromatic carbocycles. The Morgan fingerprint density at radius 3 is 2.60 bits per heavy atom. The molecule has 0 radical (unpaired) electrons. The molecule has 1 atom stereocenters. The van der Waals surface area contributed by atoms with Gasteiger partial charge in [0.1, 0.15) is 29.1 Å². The minimum atomic E-state index is -0.891. The molecule has 1 fully saturated rings. The fraction of sp³-hybridized carbons (Fsp3) is 0.364. The second kappa shape index (κ2) is 8.93. The highest BCUT2D eigenvalue weighted by Crippen LogP contribution is 2.41. The minimum Gasteiger partial charge on any atom is -0.507 e. The summed E-state index contributed by atoms with van der Waals surface area (Å²) >= 11 is 6.09. The third-order valence-electron chi connectivity index (χ3n) is 4.77. The van der Waals surface area contributed by atoms with Crippen LogP contribution >= 0.6 is 11.6 Å². The zero-order valence-electron chi connectivity index (χ0n) is 17.3. The van der Waals surface area contributed by atoms with E-state index in [4.69, 9.17) is 25.5 Å². The number of furan rings is 1. The lowest BCUT2D eigenvalue weighted by molar-refractivity contribution is -0.140. The number of Topliss-reactive ketones (excluding diaryl/α,β-unsaturated/α-hetero) is 1.